The Hall–Kier alpha value is -3.27. The average Bonchev–Trinajstić information content (AvgIpc) is 2.69. The molecule has 0 aliphatic carbocycles. The highest BCUT2D eigenvalue weighted by atomic mass is 16.5. The highest BCUT2D eigenvalue weighted by molar-refractivity contribution is 6.06. The van der Waals surface area contributed by atoms with E-state index in [9.17, 15) is 4.79 Å². The molecule has 0 saturated heterocycles. The second-order valence-corrected chi connectivity index (χ2v) is 5.33. The van der Waals surface area contributed by atoms with Crippen LogP contribution in [0.5, 0.6) is 17.2 Å². The Kier molecular flexibility index (Phi) is 7.25. The molecule has 0 bridgehead atoms. The maximum Gasteiger partial charge on any atom is 0.185 e. The molecule has 0 spiro atoms. The van der Waals surface area contributed by atoms with Gasteiger partial charge in [0.05, 0.1) is 7.11 Å². The molecule has 4 heteroatoms. The Morgan fingerprint density at radius 3 is 2.31 bits per heavy atom. The quantitative estimate of drug-likeness (QED) is 0.353. The maximum atomic E-state index is 12.3. The lowest BCUT2D eigenvalue weighted by molar-refractivity contribution is 0.104. The van der Waals surface area contributed by atoms with Crippen molar-refractivity contribution in [2.45, 2.75) is 0 Å². The third-order valence-electron chi connectivity index (χ3n) is 3.48. The van der Waals surface area contributed by atoms with Crippen molar-refractivity contribution in [3.8, 4) is 17.2 Å². The Bertz CT molecular complexity index is 788. The van der Waals surface area contributed by atoms with Gasteiger partial charge in [-0.2, -0.15) is 0 Å². The molecule has 0 fully saturated rings. The van der Waals surface area contributed by atoms with Crippen molar-refractivity contribution in [1.29, 1.82) is 0 Å². The fourth-order valence-corrected chi connectivity index (χ4v) is 2.19. The van der Waals surface area contributed by atoms with E-state index in [4.69, 9.17) is 14.2 Å². The van der Waals surface area contributed by atoms with Gasteiger partial charge in [0.15, 0.2) is 17.3 Å². The summed E-state index contributed by atoms with van der Waals surface area (Å²) in [5.74, 6) is 1.84. The number of hydrogen-bond acceptors (Lipinski definition) is 4. The standard InChI is InChI=1S/C22H22O4/c1-4-14-25-19-10-8-18(9-11-19)20(23)12-6-17-7-13-21(26-15-5-2)22(16-17)24-3/h4-13,16H,1-2,14-15H2,3H3/b12-6+. The molecule has 0 heterocycles. The molecular formula is C22H22O4. The van der Waals surface area contributed by atoms with E-state index in [0.29, 0.717) is 36.0 Å². The fraction of sp³-hybridized carbons (Fsp3) is 0.136. The number of carbonyl (C=O) groups excluding carboxylic acids is 1. The van der Waals surface area contributed by atoms with E-state index >= 15 is 0 Å². The van der Waals surface area contributed by atoms with Gasteiger partial charge in [0.1, 0.15) is 19.0 Å². The van der Waals surface area contributed by atoms with Crippen LogP contribution < -0.4 is 14.2 Å². The minimum atomic E-state index is -0.0915. The molecule has 0 unspecified atom stereocenters. The molecule has 2 aromatic carbocycles. The SMILES string of the molecule is C=CCOc1ccc(C(=O)/C=C/c2ccc(OCC=C)c(OC)c2)cc1. The summed E-state index contributed by atoms with van der Waals surface area (Å²) in [6, 6.07) is 12.5. The van der Waals surface area contributed by atoms with Crippen LogP contribution >= 0.6 is 0 Å². The molecule has 0 amide bonds. The second kappa shape index (κ2) is 9.89. The molecule has 0 N–H and O–H groups in total. The zero-order valence-corrected chi connectivity index (χ0v) is 14.8. The molecular weight excluding hydrogens is 328 g/mol. The third kappa shape index (κ3) is 5.38. The van der Waals surface area contributed by atoms with Crippen LogP contribution in [0.1, 0.15) is 15.9 Å². The summed E-state index contributed by atoms with van der Waals surface area (Å²) in [6.07, 6.45) is 6.60. The van der Waals surface area contributed by atoms with Crippen molar-refractivity contribution in [1.82, 2.24) is 0 Å². The van der Waals surface area contributed by atoms with Gasteiger partial charge in [0.25, 0.3) is 0 Å². The van der Waals surface area contributed by atoms with Crippen LogP contribution in [0.25, 0.3) is 6.08 Å². The largest absolute Gasteiger partial charge is 0.493 e. The van der Waals surface area contributed by atoms with E-state index in [1.165, 1.54) is 6.08 Å². The number of methoxy groups -OCH3 is 1. The topological polar surface area (TPSA) is 44.8 Å². The first kappa shape index (κ1) is 19.1. The van der Waals surface area contributed by atoms with Crippen LogP contribution in [0.3, 0.4) is 0 Å². The van der Waals surface area contributed by atoms with Crippen LogP contribution in [0.4, 0.5) is 0 Å². The highest BCUT2D eigenvalue weighted by Crippen LogP contribution is 2.28. The second-order valence-electron chi connectivity index (χ2n) is 5.33. The summed E-state index contributed by atoms with van der Waals surface area (Å²) < 4.78 is 16.2. The van der Waals surface area contributed by atoms with Crippen LogP contribution in [0, 0.1) is 0 Å². The monoisotopic (exact) mass is 350 g/mol. The Morgan fingerprint density at radius 1 is 0.962 bits per heavy atom. The first-order valence-electron chi connectivity index (χ1n) is 8.16. The van der Waals surface area contributed by atoms with Crippen LogP contribution in [0.15, 0.2) is 73.9 Å². The lowest BCUT2D eigenvalue weighted by Gasteiger charge is -2.09. The summed E-state index contributed by atoms with van der Waals surface area (Å²) >= 11 is 0. The van der Waals surface area contributed by atoms with E-state index in [1.54, 1.807) is 55.7 Å². The number of benzene rings is 2. The van der Waals surface area contributed by atoms with E-state index < -0.39 is 0 Å². The van der Waals surface area contributed by atoms with Gasteiger partial charge >= 0.3 is 0 Å². The highest BCUT2D eigenvalue weighted by Gasteiger charge is 2.05. The van der Waals surface area contributed by atoms with Gasteiger partial charge in [-0.05, 0) is 48.0 Å². The molecule has 0 radical (unpaired) electrons. The lowest BCUT2D eigenvalue weighted by Crippen LogP contribution is -1.97. The summed E-state index contributed by atoms with van der Waals surface area (Å²) in [5.41, 5.74) is 1.43. The van der Waals surface area contributed by atoms with Crippen LogP contribution in [0.2, 0.25) is 0 Å². The fourth-order valence-electron chi connectivity index (χ4n) is 2.19. The number of ether oxygens (including phenoxy) is 3. The molecule has 0 aliphatic rings. The Labute approximate surface area is 154 Å². The van der Waals surface area contributed by atoms with Crippen molar-refractivity contribution in [3.63, 3.8) is 0 Å². The summed E-state index contributed by atoms with van der Waals surface area (Å²) in [7, 11) is 1.57. The van der Waals surface area contributed by atoms with Crippen molar-refractivity contribution < 1.29 is 19.0 Å². The zero-order chi connectivity index (χ0) is 18.8. The number of allylic oxidation sites excluding steroid dienone is 1. The van der Waals surface area contributed by atoms with Gasteiger partial charge < -0.3 is 14.2 Å². The minimum absolute atomic E-state index is 0.0915. The molecule has 0 aromatic heterocycles. The maximum absolute atomic E-state index is 12.3. The van der Waals surface area contributed by atoms with E-state index in [-0.39, 0.29) is 5.78 Å². The molecule has 2 rings (SSSR count). The number of hydrogen-bond donors (Lipinski definition) is 0. The van der Waals surface area contributed by atoms with Gasteiger partial charge in [-0.1, -0.05) is 37.5 Å². The first-order chi connectivity index (χ1) is 12.7. The molecule has 4 nitrogen and oxygen atoms in total. The average molecular weight is 350 g/mol. The van der Waals surface area contributed by atoms with Crippen molar-refractivity contribution in [2.24, 2.45) is 0 Å². The number of rotatable bonds is 10. The van der Waals surface area contributed by atoms with Crippen LogP contribution in [-0.2, 0) is 0 Å². The Morgan fingerprint density at radius 2 is 1.65 bits per heavy atom. The molecule has 2 aromatic rings. The predicted molar refractivity (Wildman–Crippen MR) is 104 cm³/mol. The molecule has 0 atom stereocenters. The number of ketones is 1. The van der Waals surface area contributed by atoms with E-state index in [2.05, 4.69) is 13.2 Å². The summed E-state index contributed by atoms with van der Waals surface area (Å²) in [6.45, 7) is 8.05. The molecule has 134 valence electrons. The van der Waals surface area contributed by atoms with Crippen LogP contribution in [-0.4, -0.2) is 26.1 Å². The normalized spacial score (nSPS) is 10.3. The van der Waals surface area contributed by atoms with Gasteiger partial charge in [-0.3, -0.25) is 4.79 Å². The van der Waals surface area contributed by atoms with Gasteiger partial charge in [0, 0.05) is 5.56 Å². The number of carbonyl (C=O) groups is 1. The van der Waals surface area contributed by atoms with Crippen molar-refractivity contribution >= 4 is 11.9 Å². The van der Waals surface area contributed by atoms with Crippen molar-refractivity contribution in [3.05, 3.63) is 85.0 Å². The molecule has 0 aliphatic heterocycles. The van der Waals surface area contributed by atoms with Crippen molar-refractivity contribution in [2.75, 3.05) is 20.3 Å². The smallest absolute Gasteiger partial charge is 0.185 e. The molecule has 0 saturated carbocycles. The van der Waals surface area contributed by atoms with E-state index in [0.717, 1.165) is 5.56 Å². The zero-order valence-electron chi connectivity index (χ0n) is 14.8. The van der Waals surface area contributed by atoms with Gasteiger partial charge in [-0.15, -0.1) is 0 Å². The third-order valence-corrected chi connectivity index (χ3v) is 3.48. The van der Waals surface area contributed by atoms with E-state index in [1.807, 2.05) is 12.1 Å². The van der Waals surface area contributed by atoms with Gasteiger partial charge in [0.2, 0.25) is 0 Å². The summed E-state index contributed by atoms with van der Waals surface area (Å²) in [5, 5.41) is 0. The first-order valence-corrected chi connectivity index (χ1v) is 8.16. The summed E-state index contributed by atoms with van der Waals surface area (Å²) in [4.78, 5) is 12.3. The molecule has 26 heavy (non-hydrogen) atoms. The Balaban J connectivity index is 2.07. The predicted octanol–water partition coefficient (Wildman–Crippen LogP) is 4.72. The van der Waals surface area contributed by atoms with Gasteiger partial charge in [-0.25, -0.2) is 0 Å². The minimum Gasteiger partial charge on any atom is -0.493 e. The lowest BCUT2D eigenvalue weighted by atomic mass is 10.1.